The van der Waals surface area contributed by atoms with Crippen LogP contribution < -0.4 is 5.32 Å². The molecule has 1 saturated heterocycles. The number of fused-ring (bicyclic) bond motifs is 1. The summed E-state index contributed by atoms with van der Waals surface area (Å²) >= 11 is 1.32. The first-order chi connectivity index (χ1) is 14.8. The number of hydrogen-bond donors (Lipinski definition) is 2. The van der Waals surface area contributed by atoms with E-state index in [0.717, 1.165) is 16.1 Å². The number of nitrogens with one attached hydrogen (secondary N) is 1. The summed E-state index contributed by atoms with van der Waals surface area (Å²) in [6.07, 6.45) is 7.04. The Morgan fingerprint density at radius 2 is 2.00 bits per heavy atom. The molecule has 4 rings (SSSR count). The van der Waals surface area contributed by atoms with Gasteiger partial charge in [-0.25, -0.2) is 4.98 Å². The number of carbonyl (C=O) groups is 2. The van der Waals surface area contributed by atoms with Crippen LogP contribution in [-0.2, 0) is 16.9 Å². The van der Waals surface area contributed by atoms with E-state index in [1.165, 1.54) is 11.3 Å². The van der Waals surface area contributed by atoms with E-state index in [1.807, 2.05) is 53.7 Å². The first-order valence-corrected chi connectivity index (χ1v) is 11.5. The van der Waals surface area contributed by atoms with Crippen LogP contribution in [0.15, 0.2) is 42.9 Å². The number of likely N-dealkylation sites (tertiary alicyclic amines) is 1. The summed E-state index contributed by atoms with van der Waals surface area (Å²) < 4.78 is 1.92. The molecule has 3 aromatic heterocycles. The van der Waals surface area contributed by atoms with Crippen LogP contribution in [0.1, 0.15) is 53.2 Å². The molecule has 7 nitrogen and oxygen atoms in total. The summed E-state index contributed by atoms with van der Waals surface area (Å²) in [6.45, 7) is 5.56. The fraction of sp³-hybridized carbons (Fsp3) is 0.435. The summed E-state index contributed by atoms with van der Waals surface area (Å²) in [6, 6.07) is 7.49. The number of hydrogen-bond acceptors (Lipinski definition) is 5. The molecule has 0 aliphatic carbocycles. The molecule has 0 aromatic carbocycles. The first kappa shape index (κ1) is 21.5. The summed E-state index contributed by atoms with van der Waals surface area (Å²) in [5, 5.41) is 14.1. The van der Waals surface area contributed by atoms with Gasteiger partial charge < -0.3 is 19.7 Å². The van der Waals surface area contributed by atoms with Crippen molar-refractivity contribution in [3.8, 4) is 0 Å². The number of aromatic nitrogens is 2. The highest BCUT2D eigenvalue weighted by molar-refractivity contribution is 7.14. The lowest BCUT2D eigenvalue weighted by atomic mass is 9.89. The Morgan fingerprint density at radius 1 is 1.23 bits per heavy atom. The Bertz CT molecular complexity index is 1080. The van der Waals surface area contributed by atoms with Crippen molar-refractivity contribution in [2.45, 2.75) is 45.3 Å². The molecule has 1 aliphatic rings. The van der Waals surface area contributed by atoms with Gasteiger partial charge in [0.15, 0.2) is 0 Å². The molecule has 3 aromatic rings. The van der Waals surface area contributed by atoms with Gasteiger partial charge in [-0.1, -0.05) is 13.8 Å². The Morgan fingerprint density at radius 3 is 2.74 bits per heavy atom. The van der Waals surface area contributed by atoms with E-state index in [9.17, 15) is 14.7 Å². The lowest BCUT2D eigenvalue weighted by Gasteiger charge is -2.38. The van der Waals surface area contributed by atoms with E-state index in [0.29, 0.717) is 49.7 Å². The third kappa shape index (κ3) is 4.80. The molecule has 0 saturated carbocycles. The Kier molecular flexibility index (Phi) is 6.11. The summed E-state index contributed by atoms with van der Waals surface area (Å²) in [4.78, 5) is 32.4. The number of rotatable bonds is 6. The number of aliphatic hydroxyl groups is 1. The van der Waals surface area contributed by atoms with Gasteiger partial charge in [0.05, 0.1) is 4.88 Å². The van der Waals surface area contributed by atoms with Crippen molar-refractivity contribution in [1.82, 2.24) is 19.6 Å². The largest absolute Gasteiger partial charge is 0.384 e. The predicted octanol–water partition coefficient (Wildman–Crippen LogP) is 3.18. The van der Waals surface area contributed by atoms with Crippen molar-refractivity contribution < 1.29 is 14.7 Å². The standard InChI is InChI=1S/C23H28N4O3S/c1-16(2)13-21(28)27-10-6-23(30,7-11-27)19-4-3-18(31-19)22(29)25-15-17-5-9-26-12-8-24-20(26)14-17/h3-5,8-9,12,14,16,30H,6-7,10-11,13,15H2,1-2H3,(H,25,29). The monoisotopic (exact) mass is 440 g/mol. The lowest BCUT2D eigenvalue weighted by molar-refractivity contribution is -0.136. The molecule has 8 heteroatoms. The van der Waals surface area contributed by atoms with Crippen LogP contribution in [0, 0.1) is 5.92 Å². The minimum Gasteiger partial charge on any atom is -0.384 e. The Labute approximate surface area is 185 Å². The minimum absolute atomic E-state index is 0.150. The van der Waals surface area contributed by atoms with Gasteiger partial charge in [0.25, 0.3) is 5.91 Å². The van der Waals surface area contributed by atoms with Crippen molar-refractivity contribution >= 4 is 28.8 Å². The minimum atomic E-state index is -0.983. The highest BCUT2D eigenvalue weighted by Gasteiger charge is 2.37. The highest BCUT2D eigenvalue weighted by atomic mass is 32.1. The van der Waals surface area contributed by atoms with Crippen LogP contribution >= 0.6 is 11.3 Å². The number of amides is 2. The van der Waals surface area contributed by atoms with Gasteiger partial charge in [-0.05, 0) is 48.6 Å². The Balaban J connectivity index is 1.35. The highest BCUT2D eigenvalue weighted by Crippen LogP contribution is 2.37. The number of thiophene rings is 1. The molecule has 1 fully saturated rings. The molecule has 31 heavy (non-hydrogen) atoms. The fourth-order valence-electron chi connectivity index (χ4n) is 3.89. The number of carbonyl (C=O) groups excluding carboxylic acids is 2. The van der Waals surface area contributed by atoms with Crippen LogP contribution in [0.4, 0.5) is 0 Å². The summed E-state index contributed by atoms with van der Waals surface area (Å²) in [5.41, 5.74) is 0.829. The van der Waals surface area contributed by atoms with Gasteiger partial charge in [0, 0.05) is 49.5 Å². The van der Waals surface area contributed by atoms with Crippen molar-refractivity contribution in [1.29, 1.82) is 0 Å². The molecule has 2 N–H and O–H groups in total. The molecule has 0 unspecified atom stereocenters. The maximum atomic E-state index is 12.6. The smallest absolute Gasteiger partial charge is 0.261 e. The summed E-state index contributed by atoms with van der Waals surface area (Å²) in [7, 11) is 0. The van der Waals surface area contributed by atoms with Gasteiger partial charge in [0.1, 0.15) is 11.2 Å². The topological polar surface area (TPSA) is 86.9 Å². The summed E-state index contributed by atoms with van der Waals surface area (Å²) in [5.74, 6) is 0.317. The van der Waals surface area contributed by atoms with Gasteiger partial charge in [-0.2, -0.15) is 0 Å². The zero-order valence-electron chi connectivity index (χ0n) is 17.9. The molecule has 1 aliphatic heterocycles. The van der Waals surface area contributed by atoms with E-state index in [1.54, 1.807) is 12.3 Å². The molecule has 0 bridgehead atoms. The molecule has 0 radical (unpaired) electrons. The zero-order chi connectivity index (χ0) is 22.0. The molecule has 4 heterocycles. The van der Waals surface area contributed by atoms with Crippen LogP contribution in [0.3, 0.4) is 0 Å². The average Bonchev–Trinajstić information content (AvgIpc) is 3.41. The molecular weight excluding hydrogens is 412 g/mol. The van der Waals surface area contributed by atoms with E-state index >= 15 is 0 Å². The van der Waals surface area contributed by atoms with E-state index in [4.69, 9.17) is 0 Å². The first-order valence-electron chi connectivity index (χ1n) is 10.6. The predicted molar refractivity (Wildman–Crippen MR) is 120 cm³/mol. The van der Waals surface area contributed by atoms with Crippen LogP contribution in [0.5, 0.6) is 0 Å². The quantitative estimate of drug-likeness (QED) is 0.616. The maximum Gasteiger partial charge on any atom is 0.261 e. The second-order valence-corrected chi connectivity index (χ2v) is 9.67. The Hall–Kier alpha value is -2.71. The third-order valence-corrected chi connectivity index (χ3v) is 7.01. The van der Waals surface area contributed by atoms with Crippen molar-refractivity contribution in [3.05, 3.63) is 58.2 Å². The van der Waals surface area contributed by atoms with E-state index < -0.39 is 5.60 Å². The van der Waals surface area contributed by atoms with Crippen LogP contribution in [0.2, 0.25) is 0 Å². The lowest BCUT2D eigenvalue weighted by Crippen LogP contribution is -2.45. The number of imidazole rings is 1. The molecule has 0 atom stereocenters. The SMILES string of the molecule is CC(C)CC(=O)N1CCC(O)(c2ccc(C(=O)NCc3ccn4ccnc4c3)s2)CC1. The average molecular weight is 441 g/mol. The van der Waals surface area contributed by atoms with Gasteiger partial charge >= 0.3 is 0 Å². The van der Waals surface area contributed by atoms with Crippen molar-refractivity contribution in [3.63, 3.8) is 0 Å². The van der Waals surface area contributed by atoms with Crippen LogP contribution in [0.25, 0.3) is 5.65 Å². The molecule has 2 amide bonds. The van der Waals surface area contributed by atoms with E-state index in [2.05, 4.69) is 10.3 Å². The molecule has 164 valence electrons. The number of piperidine rings is 1. The number of nitrogens with zero attached hydrogens (tertiary/aromatic N) is 3. The van der Waals surface area contributed by atoms with Crippen molar-refractivity contribution in [2.75, 3.05) is 13.1 Å². The molecular formula is C23H28N4O3S. The molecule has 0 spiro atoms. The third-order valence-electron chi connectivity index (χ3n) is 5.73. The van der Waals surface area contributed by atoms with Gasteiger partial charge in [0.2, 0.25) is 5.91 Å². The normalized spacial score (nSPS) is 16.1. The van der Waals surface area contributed by atoms with Gasteiger partial charge in [-0.15, -0.1) is 11.3 Å². The zero-order valence-corrected chi connectivity index (χ0v) is 18.7. The maximum absolute atomic E-state index is 12.6. The second-order valence-electron chi connectivity index (χ2n) is 8.58. The fourth-order valence-corrected chi connectivity index (χ4v) is 4.96. The van der Waals surface area contributed by atoms with Crippen LogP contribution in [-0.4, -0.2) is 44.3 Å². The second kappa shape index (κ2) is 8.80. The van der Waals surface area contributed by atoms with E-state index in [-0.39, 0.29) is 11.8 Å². The van der Waals surface area contributed by atoms with Gasteiger partial charge in [-0.3, -0.25) is 9.59 Å². The van der Waals surface area contributed by atoms with Crippen molar-refractivity contribution in [2.24, 2.45) is 5.92 Å². The number of pyridine rings is 1.